The van der Waals surface area contributed by atoms with Crippen molar-refractivity contribution in [3.05, 3.63) is 54.4 Å². The van der Waals surface area contributed by atoms with Gasteiger partial charge in [-0.05, 0) is 37.1 Å². The van der Waals surface area contributed by atoms with Crippen molar-refractivity contribution in [2.75, 3.05) is 19.0 Å². The molecule has 1 atom stereocenters. The van der Waals surface area contributed by atoms with Crippen LogP contribution in [0.1, 0.15) is 23.2 Å². The topological polar surface area (TPSA) is 113 Å². The number of nitrogens with one attached hydrogen (secondary N) is 3. The average molecular weight is 383 g/mol. The maximum atomic E-state index is 12.5. The molecule has 2 heterocycles. The van der Waals surface area contributed by atoms with Crippen LogP contribution in [0.15, 0.2) is 48.8 Å². The van der Waals surface area contributed by atoms with Crippen LogP contribution in [0.3, 0.4) is 0 Å². The Bertz CT molecular complexity index is 858. The summed E-state index contributed by atoms with van der Waals surface area (Å²) in [4.78, 5) is 42.6. The predicted molar refractivity (Wildman–Crippen MR) is 102 cm³/mol. The maximum absolute atomic E-state index is 12.5. The first-order valence-electron chi connectivity index (χ1n) is 8.81. The molecule has 1 aliphatic heterocycles. The van der Waals surface area contributed by atoms with Crippen LogP contribution in [-0.4, -0.2) is 47.4 Å². The summed E-state index contributed by atoms with van der Waals surface area (Å²) >= 11 is 0. The third-order valence-corrected chi connectivity index (χ3v) is 4.38. The molecule has 0 aliphatic carbocycles. The van der Waals surface area contributed by atoms with Crippen molar-refractivity contribution in [1.29, 1.82) is 0 Å². The fourth-order valence-electron chi connectivity index (χ4n) is 3.03. The largest absolute Gasteiger partial charge is 0.496 e. The number of aromatic nitrogens is 1. The average Bonchev–Trinajstić information content (AvgIpc) is 3.22. The van der Waals surface area contributed by atoms with Gasteiger partial charge in [0.05, 0.1) is 24.6 Å². The number of methoxy groups -OCH3 is 1. The molecular weight excluding hydrogens is 362 g/mol. The monoisotopic (exact) mass is 383 g/mol. The Labute approximate surface area is 162 Å². The number of rotatable bonds is 4. The van der Waals surface area contributed by atoms with E-state index in [-0.39, 0.29) is 11.5 Å². The van der Waals surface area contributed by atoms with Crippen molar-refractivity contribution in [3.8, 4) is 5.75 Å². The Balaban J connectivity index is 1.58. The number of para-hydroxylation sites is 1. The summed E-state index contributed by atoms with van der Waals surface area (Å²) in [6.45, 7) is 0.418. The van der Waals surface area contributed by atoms with Crippen LogP contribution in [0, 0.1) is 0 Å². The highest BCUT2D eigenvalue weighted by Gasteiger charge is 2.34. The van der Waals surface area contributed by atoms with Gasteiger partial charge in [-0.25, -0.2) is 10.2 Å². The Morgan fingerprint density at radius 2 is 1.96 bits per heavy atom. The van der Waals surface area contributed by atoms with E-state index in [0.717, 1.165) is 0 Å². The smallest absolute Gasteiger partial charge is 0.336 e. The molecule has 0 spiro atoms. The molecule has 0 unspecified atom stereocenters. The molecule has 1 aromatic heterocycles. The van der Waals surface area contributed by atoms with Crippen molar-refractivity contribution in [3.63, 3.8) is 0 Å². The number of carbonyl (C=O) groups is 3. The van der Waals surface area contributed by atoms with Gasteiger partial charge in [-0.3, -0.25) is 20.0 Å². The third kappa shape index (κ3) is 4.37. The molecule has 146 valence electrons. The van der Waals surface area contributed by atoms with E-state index in [1.54, 1.807) is 42.6 Å². The van der Waals surface area contributed by atoms with E-state index in [9.17, 15) is 14.4 Å². The molecule has 1 saturated heterocycles. The van der Waals surface area contributed by atoms with Gasteiger partial charge in [0.2, 0.25) is 5.91 Å². The maximum Gasteiger partial charge on any atom is 0.336 e. The van der Waals surface area contributed by atoms with Crippen molar-refractivity contribution in [1.82, 2.24) is 20.7 Å². The van der Waals surface area contributed by atoms with E-state index < -0.39 is 18.0 Å². The van der Waals surface area contributed by atoms with Crippen molar-refractivity contribution in [2.45, 2.75) is 18.9 Å². The predicted octanol–water partition coefficient (Wildman–Crippen LogP) is 1.55. The number of hydrazine groups is 1. The normalized spacial score (nSPS) is 15.6. The van der Waals surface area contributed by atoms with E-state index in [2.05, 4.69) is 21.2 Å². The van der Waals surface area contributed by atoms with Gasteiger partial charge in [0, 0.05) is 12.7 Å². The van der Waals surface area contributed by atoms with Gasteiger partial charge in [0.1, 0.15) is 11.8 Å². The first-order chi connectivity index (χ1) is 13.6. The van der Waals surface area contributed by atoms with Gasteiger partial charge in [-0.2, -0.15) is 0 Å². The number of carbonyl (C=O) groups excluding carboxylic acids is 3. The zero-order valence-electron chi connectivity index (χ0n) is 15.3. The fourth-order valence-corrected chi connectivity index (χ4v) is 3.03. The second kappa shape index (κ2) is 8.85. The lowest BCUT2D eigenvalue weighted by Gasteiger charge is -2.24. The number of amides is 4. The Hall–Kier alpha value is -3.62. The van der Waals surface area contributed by atoms with Crippen LogP contribution in [0.25, 0.3) is 0 Å². The van der Waals surface area contributed by atoms with E-state index in [1.165, 1.54) is 18.2 Å². The number of nitrogens with zero attached hydrogens (tertiary/aromatic N) is 2. The van der Waals surface area contributed by atoms with Crippen LogP contribution in [0.4, 0.5) is 10.5 Å². The molecule has 0 saturated carbocycles. The number of urea groups is 1. The van der Waals surface area contributed by atoms with Crippen LogP contribution in [-0.2, 0) is 4.79 Å². The van der Waals surface area contributed by atoms with Gasteiger partial charge in [-0.1, -0.05) is 12.1 Å². The van der Waals surface area contributed by atoms with Crippen LogP contribution >= 0.6 is 0 Å². The van der Waals surface area contributed by atoms with E-state index in [4.69, 9.17) is 4.74 Å². The standard InChI is InChI=1S/C19H21N5O4/c1-28-16-9-3-2-7-14(16)17(25)22-23-19(27)24-11-5-8-15(24)18(26)21-13-6-4-10-20-12-13/h2-4,6-7,9-10,12,15H,5,8,11H2,1H3,(H,21,26)(H,22,25)(H,23,27)/t15-/m1/s1. The lowest BCUT2D eigenvalue weighted by Crippen LogP contribution is -2.52. The van der Waals surface area contributed by atoms with Gasteiger partial charge >= 0.3 is 6.03 Å². The Morgan fingerprint density at radius 3 is 2.71 bits per heavy atom. The van der Waals surface area contributed by atoms with Crippen LogP contribution < -0.4 is 20.9 Å². The molecule has 3 rings (SSSR count). The first-order valence-corrected chi connectivity index (χ1v) is 8.81. The highest BCUT2D eigenvalue weighted by atomic mass is 16.5. The Kier molecular flexibility index (Phi) is 6.05. The minimum atomic E-state index is -0.622. The molecule has 3 N–H and O–H groups in total. The van der Waals surface area contributed by atoms with Crippen LogP contribution in [0.5, 0.6) is 5.75 Å². The minimum Gasteiger partial charge on any atom is -0.496 e. The quantitative estimate of drug-likeness (QED) is 0.694. The SMILES string of the molecule is COc1ccccc1C(=O)NNC(=O)N1CCC[C@@H]1C(=O)Nc1cccnc1. The second-order valence-corrected chi connectivity index (χ2v) is 6.17. The fraction of sp³-hybridized carbons (Fsp3) is 0.263. The number of likely N-dealkylation sites (tertiary alicyclic amines) is 1. The summed E-state index contributed by atoms with van der Waals surface area (Å²) in [5, 5.41) is 2.75. The van der Waals surface area contributed by atoms with E-state index >= 15 is 0 Å². The zero-order chi connectivity index (χ0) is 19.9. The number of hydrogen-bond acceptors (Lipinski definition) is 5. The Morgan fingerprint density at radius 1 is 1.14 bits per heavy atom. The molecule has 1 fully saturated rings. The minimum absolute atomic E-state index is 0.289. The number of hydrogen-bond donors (Lipinski definition) is 3. The molecule has 1 aliphatic rings. The molecule has 2 aromatic rings. The summed E-state index contributed by atoms with van der Waals surface area (Å²) in [5.41, 5.74) is 5.57. The summed E-state index contributed by atoms with van der Waals surface area (Å²) in [5.74, 6) is -0.415. The van der Waals surface area contributed by atoms with Crippen molar-refractivity contribution < 1.29 is 19.1 Å². The molecule has 1 aromatic carbocycles. The van der Waals surface area contributed by atoms with Crippen LogP contribution in [0.2, 0.25) is 0 Å². The number of ether oxygens (including phenoxy) is 1. The number of benzene rings is 1. The molecule has 0 radical (unpaired) electrons. The van der Waals surface area contributed by atoms with Crippen molar-refractivity contribution >= 4 is 23.5 Å². The lowest BCUT2D eigenvalue weighted by molar-refractivity contribution is -0.119. The van der Waals surface area contributed by atoms with Gasteiger partial charge in [0.15, 0.2) is 0 Å². The van der Waals surface area contributed by atoms with E-state index in [1.807, 2.05) is 0 Å². The number of pyridine rings is 1. The highest BCUT2D eigenvalue weighted by Crippen LogP contribution is 2.19. The molecule has 0 bridgehead atoms. The van der Waals surface area contributed by atoms with Gasteiger partial charge in [-0.15, -0.1) is 0 Å². The van der Waals surface area contributed by atoms with Gasteiger partial charge in [0.25, 0.3) is 5.91 Å². The summed E-state index contributed by atoms with van der Waals surface area (Å²) in [6, 6.07) is 8.92. The molecular formula is C19H21N5O4. The molecule has 9 heteroatoms. The second-order valence-electron chi connectivity index (χ2n) is 6.17. The first kappa shape index (κ1) is 19.2. The van der Waals surface area contributed by atoms with E-state index in [0.29, 0.717) is 30.8 Å². The molecule has 28 heavy (non-hydrogen) atoms. The lowest BCUT2D eigenvalue weighted by atomic mass is 10.2. The van der Waals surface area contributed by atoms with Crippen molar-refractivity contribution in [2.24, 2.45) is 0 Å². The summed E-state index contributed by atoms with van der Waals surface area (Å²) < 4.78 is 5.14. The summed E-state index contributed by atoms with van der Waals surface area (Å²) in [6.07, 6.45) is 4.37. The van der Waals surface area contributed by atoms with Gasteiger partial charge < -0.3 is 15.0 Å². The third-order valence-electron chi connectivity index (χ3n) is 4.38. The summed E-state index contributed by atoms with van der Waals surface area (Å²) in [7, 11) is 1.46. The molecule has 9 nitrogen and oxygen atoms in total. The molecule has 4 amide bonds. The number of anilines is 1. The zero-order valence-corrected chi connectivity index (χ0v) is 15.3. The highest BCUT2D eigenvalue weighted by molar-refractivity contribution is 5.99.